The SMILES string of the molecule is C[C@H](O)CCC[C@H](O)/C=C/C1=C(C/C=C\CCCC(=O)O)C(=O)CC1. The summed E-state index contributed by atoms with van der Waals surface area (Å²) >= 11 is 0. The number of carboxylic acid groups (broad SMARTS) is 1. The van der Waals surface area contributed by atoms with Crippen molar-refractivity contribution in [1.82, 2.24) is 0 Å². The van der Waals surface area contributed by atoms with Crippen molar-refractivity contribution in [2.24, 2.45) is 0 Å². The van der Waals surface area contributed by atoms with Gasteiger partial charge in [0.25, 0.3) is 0 Å². The molecule has 0 unspecified atom stereocenters. The van der Waals surface area contributed by atoms with Gasteiger partial charge in [-0.15, -0.1) is 0 Å². The van der Waals surface area contributed by atoms with E-state index in [1.165, 1.54) is 0 Å². The van der Waals surface area contributed by atoms with Gasteiger partial charge in [-0.25, -0.2) is 0 Å². The molecule has 0 aliphatic heterocycles. The number of unbranched alkanes of at least 4 members (excludes halogenated alkanes) is 1. The van der Waals surface area contributed by atoms with E-state index >= 15 is 0 Å². The van der Waals surface area contributed by atoms with Crippen LogP contribution in [-0.2, 0) is 9.59 Å². The second kappa shape index (κ2) is 11.8. The minimum Gasteiger partial charge on any atom is -0.481 e. The highest BCUT2D eigenvalue weighted by molar-refractivity contribution is 5.99. The first kappa shape index (κ1) is 21.3. The van der Waals surface area contributed by atoms with E-state index in [1.807, 2.05) is 18.2 Å². The minimum atomic E-state index is -0.790. The fraction of sp³-hybridized carbons (Fsp3) is 0.600. The van der Waals surface area contributed by atoms with E-state index in [1.54, 1.807) is 13.0 Å². The summed E-state index contributed by atoms with van der Waals surface area (Å²) in [5.74, 6) is -0.639. The first-order valence-electron chi connectivity index (χ1n) is 9.06. The first-order chi connectivity index (χ1) is 11.9. The normalized spacial score (nSPS) is 17.8. The molecule has 2 atom stereocenters. The second-order valence-electron chi connectivity index (χ2n) is 6.59. The van der Waals surface area contributed by atoms with Crippen LogP contribution in [0.5, 0.6) is 0 Å². The third kappa shape index (κ3) is 9.37. The minimum absolute atomic E-state index is 0.151. The number of aliphatic carboxylic acids is 1. The summed E-state index contributed by atoms with van der Waals surface area (Å²) in [5, 5.41) is 27.8. The zero-order chi connectivity index (χ0) is 18.7. The Morgan fingerprint density at radius 3 is 2.60 bits per heavy atom. The lowest BCUT2D eigenvalue weighted by atomic mass is 10.0. The van der Waals surface area contributed by atoms with Gasteiger partial charge in [0.2, 0.25) is 0 Å². The fourth-order valence-corrected chi connectivity index (χ4v) is 2.79. The molecule has 0 aromatic heterocycles. The van der Waals surface area contributed by atoms with Gasteiger partial charge in [-0.2, -0.15) is 0 Å². The molecule has 5 nitrogen and oxygen atoms in total. The van der Waals surface area contributed by atoms with Gasteiger partial charge in [0.05, 0.1) is 12.2 Å². The molecule has 0 spiro atoms. The number of carboxylic acids is 1. The molecule has 0 saturated carbocycles. The van der Waals surface area contributed by atoms with Crippen molar-refractivity contribution in [3.63, 3.8) is 0 Å². The van der Waals surface area contributed by atoms with Crippen LogP contribution >= 0.6 is 0 Å². The summed E-state index contributed by atoms with van der Waals surface area (Å²) in [7, 11) is 0. The van der Waals surface area contributed by atoms with Crippen molar-refractivity contribution in [1.29, 1.82) is 0 Å². The number of aliphatic hydroxyl groups is 2. The van der Waals surface area contributed by atoms with Gasteiger partial charge in [-0.3, -0.25) is 9.59 Å². The standard InChI is InChI=1S/C20H30O5/c1-15(21)7-6-8-17(22)13-11-16-12-14-19(23)18(16)9-4-2-3-5-10-20(24)25/h2,4,11,13,15,17,21-22H,3,5-10,12,14H2,1H3,(H,24,25)/b4-2-,13-11+/t15-,17-/m0/s1. The van der Waals surface area contributed by atoms with Gasteiger partial charge in [0.15, 0.2) is 5.78 Å². The lowest BCUT2D eigenvalue weighted by molar-refractivity contribution is -0.137. The Hall–Kier alpha value is -1.72. The third-order valence-electron chi connectivity index (χ3n) is 4.24. The Labute approximate surface area is 149 Å². The molecular weight excluding hydrogens is 320 g/mol. The monoisotopic (exact) mass is 350 g/mol. The predicted molar refractivity (Wildman–Crippen MR) is 97.2 cm³/mol. The van der Waals surface area contributed by atoms with E-state index < -0.39 is 12.1 Å². The third-order valence-corrected chi connectivity index (χ3v) is 4.24. The summed E-state index contributed by atoms with van der Waals surface area (Å²) in [4.78, 5) is 22.4. The number of aliphatic hydroxyl groups excluding tert-OH is 2. The highest BCUT2D eigenvalue weighted by Crippen LogP contribution is 2.27. The van der Waals surface area contributed by atoms with Crippen molar-refractivity contribution in [3.05, 3.63) is 35.5 Å². The lowest BCUT2D eigenvalue weighted by Gasteiger charge is -2.07. The van der Waals surface area contributed by atoms with Crippen LogP contribution in [0.2, 0.25) is 0 Å². The number of ketones is 1. The summed E-state index contributed by atoms with van der Waals surface area (Å²) in [6.45, 7) is 1.73. The van der Waals surface area contributed by atoms with Crippen LogP contribution in [0, 0.1) is 0 Å². The Bertz CT molecular complexity index is 528. The van der Waals surface area contributed by atoms with Gasteiger partial charge in [0, 0.05) is 18.4 Å². The van der Waals surface area contributed by atoms with Crippen molar-refractivity contribution >= 4 is 11.8 Å². The summed E-state index contributed by atoms with van der Waals surface area (Å²) in [5.41, 5.74) is 1.77. The van der Waals surface area contributed by atoms with Crippen LogP contribution in [0.25, 0.3) is 0 Å². The van der Waals surface area contributed by atoms with Gasteiger partial charge in [-0.1, -0.05) is 24.3 Å². The van der Waals surface area contributed by atoms with Crippen molar-refractivity contribution < 1.29 is 24.9 Å². The Morgan fingerprint density at radius 1 is 1.16 bits per heavy atom. The maximum Gasteiger partial charge on any atom is 0.303 e. The average Bonchev–Trinajstić information content (AvgIpc) is 2.88. The molecule has 0 saturated heterocycles. The highest BCUT2D eigenvalue weighted by Gasteiger charge is 2.20. The van der Waals surface area contributed by atoms with Gasteiger partial charge in [0.1, 0.15) is 0 Å². The van der Waals surface area contributed by atoms with E-state index in [9.17, 15) is 19.8 Å². The zero-order valence-electron chi connectivity index (χ0n) is 15.0. The van der Waals surface area contributed by atoms with E-state index in [-0.39, 0.29) is 18.3 Å². The van der Waals surface area contributed by atoms with E-state index in [0.29, 0.717) is 44.9 Å². The molecule has 1 aliphatic carbocycles. The van der Waals surface area contributed by atoms with Crippen LogP contribution < -0.4 is 0 Å². The number of allylic oxidation sites excluding steroid dienone is 5. The molecule has 0 radical (unpaired) electrons. The number of carbonyl (C=O) groups is 2. The maximum absolute atomic E-state index is 12.0. The van der Waals surface area contributed by atoms with E-state index in [4.69, 9.17) is 5.11 Å². The largest absolute Gasteiger partial charge is 0.481 e. The molecule has 0 fully saturated rings. The molecule has 1 aliphatic rings. The molecule has 5 heteroatoms. The van der Waals surface area contributed by atoms with Crippen LogP contribution in [0.15, 0.2) is 35.5 Å². The lowest BCUT2D eigenvalue weighted by Crippen LogP contribution is -2.05. The van der Waals surface area contributed by atoms with E-state index in [0.717, 1.165) is 17.6 Å². The predicted octanol–water partition coefficient (Wildman–Crippen LogP) is 3.32. The molecular formula is C20H30O5. The quantitative estimate of drug-likeness (QED) is 0.371. The second-order valence-corrected chi connectivity index (χ2v) is 6.59. The number of hydrogen-bond donors (Lipinski definition) is 3. The van der Waals surface area contributed by atoms with Crippen LogP contribution in [0.4, 0.5) is 0 Å². The fourth-order valence-electron chi connectivity index (χ4n) is 2.79. The van der Waals surface area contributed by atoms with Crippen molar-refractivity contribution in [3.8, 4) is 0 Å². The average molecular weight is 350 g/mol. The van der Waals surface area contributed by atoms with Crippen molar-refractivity contribution in [2.45, 2.75) is 76.9 Å². The summed E-state index contributed by atoms with van der Waals surface area (Å²) in [6, 6.07) is 0. The Morgan fingerprint density at radius 2 is 1.92 bits per heavy atom. The van der Waals surface area contributed by atoms with E-state index in [2.05, 4.69) is 0 Å². The van der Waals surface area contributed by atoms with Crippen LogP contribution in [0.1, 0.15) is 64.7 Å². The number of carbonyl (C=O) groups excluding carboxylic acids is 1. The molecule has 0 amide bonds. The Balaban J connectivity index is 2.48. The molecule has 0 heterocycles. The molecule has 0 aromatic carbocycles. The van der Waals surface area contributed by atoms with Gasteiger partial charge in [-0.05, 0) is 57.4 Å². The number of hydrogen-bond acceptors (Lipinski definition) is 4. The maximum atomic E-state index is 12.0. The number of Topliss-reactive ketones (excluding diaryl/α,β-unsaturated/α-hetero) is 1. The summed E-state index contributed by atoms with van der Waals surface area (Å²) in [6.07, 6.45) is 11.8. The smallest absolute Gasteiger partial charge is 0.303 e. The molecule has 25 heavy (non-hydrogen) atoms. The highest BCUT2D eigenvalue weighted by atomic mass is 16.4. The molecule has 0 bridgehead atoms. The van der Waals surface area contributed by atoms with Gasteiger partial charge >= 0.3 is 5.97 Å². The van der Waals surface area contributed by atoms with Crippen LogP contribution in [-0.4, -0.2) is 39.3 Å². The molecule has 3 N–H and O–H groups in total. The molecule has 1 rings (SSSR count). The zero-order valence-corrected chi connectivity index (χ0v) is 15.0. The summed E-state index contributed by atoms with van der Waals surface area (Å²) < 4.78 is 0. The molecule has 0 aromatic rings. The van der Waals surface area contributed by atoms with Crippen molar-refractivity contribution in [2.75, 3.05) is 0 Å². The topological polar surface area (TPSA) is 94.8 Å². The number of rotatable bonds is 12. The van der Waals surface area contributed by atoms with Crippen LogP contribution in [0.3, 0.4) is 0 Å². The molecule has 140 valence electrons. The first-order valence-corrected chi connectivity index (χ1v) is 9.06. The van der Waals surface area contributed by atoms with Gasteiger partial charge < -0.3 is 15.3 Å². The Kier molecular flexibility index (Phi) is 10.0.